The van der Waals surface area contributed by atoms with Crippen LogP contribution >= 0.6 is 11.6 Å². The first-order valence-electron chi connectivity index (χ1n) is 6.40. The highest BCUT2D eigenvalue weighted by atomic mass is 35.5. The lowest BCUT2D eigenvalue weighted by Crippen LogP contribution is -2.45. The van der Waals surface area contributed by atoms with Crippen LogP contribution in [0.1, 0.15) is 29.6 Å². The van der Waals surface area contributed by atoms with Crippen LogP contribution in [0.2, 0.25) is 5.02 Å². The second-order valence-electron chi connectivity index (χ2n) is 4.73. The van der Waals surface area contributed by atoms with Crippen LogP contribution in [0.4, 0.5) is 5.69 Å². The number of rotatable bonds is 5. The zero-order valence-electron chi connectivity index (χ0n) is 10.8. The first-order valence-corrected chi connectivity index (χ1v) is 6.78. The lowest BCUT2D eigenvalue weighted by molar-refractivity contribution is -0.384. The van der Waals surface area contributed by atoms with Gasteiger partial charge in [0.2, 0.25) is 0 Å². The highest BCUT2D eigenvalue weighted by Gasteiger charge is 2.30. The van der Waals surface area contributed by atoms with Gasteiger partial charge in [-0.25, -0.2) is 0 Å². The number of nitro groups is 1. The van der Waals surface area contributed by atoms with Gasteiger partial charge in [-0.3, -0.25) is 14.9 Å². The molecule has 1 N–H and O–H groups in total. The number of carbonyl (C=O) groups is 1. The molecule has 108 valence electrons. The van der Waals surface area contributed by atoms with Gasteiger partial charge in [0.1, 0.15) is 0 Å². The molecule has 0 aromatic heterocycles. The molecule has 6 nitrogen and oxygen atoms in total. The third-order valence-corrected chi connectivity index (χ3v) is 3.84. The number of hydrogen-bond acceptors (Lipinski definition) is 4. The molecular weight excluding hydrogens is 284 g/mol. The first-order chi connectivity index (χ1) is 9.54. The van der Waals surface area contributed by atoms with Crippen LogP contribution in [-0.4, -0.2) is 40.0 Å². The molecule has 20 heavy (non-hydrogen) atoms. The van der Waals surface area contributed by atoms with Crippen molar-refractivity contribution in [3.63, 3.8) is 0 Å². The van der Waals surface area contributed by atoms with Gasteiger partial charge in [0.05, 0.1) is 22.1 Å². The molecule has 1 aromatic carbocycles. The SMILES string of the molecule is O=C(c1cc([N+](=O)[O-])ccc1Cl)N(CCO)C1CCC1. The Morgan fingerprint density at radius 2 is 2.20 bits per heavy atom. The fourth-order valence-corrected chi connectivity index (χ4v) is 2.40. The summed E-state index contributed by atoms with van der Waals surface area (Å²) in [7, 11) is 0. The van der Waals surface area contributed by atoms with Crippen molar-refractivity contribution in [3.05, 3.63) is 38.9 Å². The fourth-order valence-electron chi connectivity index (χ4n) is 2.20. The van der Waals surface area contributed by atoms with E-state index in [-0.39, 0.29) is 41.4 Å². The Hall–Kier alpha value is -1.66. The molecule has 0 radical (unpaired) electrons. The van der Waals surface area contributed by atoms with Gasteiger partial charge in [-0.1, -0.05) is 11.6 Å². The summed E-state index contributed by atoms with van der Waals surface area (Å²) in [6.07, 6.45) is 2.82. The van der Waals surface area contributed by atoms with Crippen LogP contribution in [0, 0.1) is 10.1 Å². The van der Waals surface area contributed by atoms with Gasteiger partial charge in [0, 0.05) is 24.7 Å². The lowest BCUT2D eigenvalue weighted by Gasteiger charge is -2.37. The molecule has 1 saturated carbocycles. The number of aliphatic hydroxyl groups excluding tert-OH is 1. The Morgan fingerprint density at radius 3 is 2.70 bits per heavy atom. The van der Waals surface area contributed by atoms with E-state index >= 15 is 0 Å². The Bertz CT molecular complexity index is 531. The van der Waals surface area contributed by atoms with Crippen LogP contribution in [0.25, 0.3) is 0 Å². The van der Waals surface area contributed by atoms with E-state index < -0.39 is 4.92 Å². The molecular formula is C13H15ClN2O4. The highest BCUT2D eigenvalue weighted by molar-refractivity contribution is 6.33. The highest BCUT2D eigenvalue weighted by Crippen LogP contribution is 2.29. The second-order valence-corrected chi connectivity index (χ2v) is 5.14. The van der Waals surface area contributed by atoms with Crippen LogP contribution < -0.4 is 0 Å². The van der Waals surface area contributed by atoms with Crippen molar-refractivity contribution >= 4 is 23.2 Å². The summed E-state index contributed by atoms with van der Waals surface area (Å²) in [6.45, 7) is 0.0668. The largest absolute Gasteiger partial charge is 0.395 e. The van der Waals surface area contributed by atoms with E-state index in [0.29, 0.717) is 0 Å². The third kappa shape index (κ3) is 2.91. The quantitative estimate of drug-likeness (QED) is 0.667. The average Bonchev–Trinajstić information content (AvgIpc) is 2.35. The van der Waals surface area contributed by atoms with E-state index in [2.05, 4.69) is 0 Å². The monoisotopic (exact) mass is 298 g/mol. The zero-order valence-corrected chi connectivity index (χ0v) is 11.5. The molecule has 0 bridgehead atoms. The number of hydrogen-bond donors (Lipinski definition) is 1. The fraction of sp³-hybridized carbons (Fsp3) is 0.462. The van der Waals surface area contributed by atoms with Crippen LogP contribution in [0.5, 0.6) is 0 Å². The summed E-state index contributed by atoms with van der Waals surface area (Å²) in [6, 6.07) is 3.89. The molecule has 0 unspecified atom stereocenters. The van der Waals surface area contributed by atoms with Crippen molar-refractivity contribution in [1.82, 2.24) is 4.90 Å². The molecule has 1 amide bonds. The van der Waals surface area contributed by atoms with Gasteiger partial charge in [-0.15, -0.1) is 0 Å². The minimum atomic E-state index is -0.563. The number of halogens is 1. The van der Waals surface area contributed by atoms with Gasteiger partial charge >= 0.3 is 0 Å². The standard InChI is InChI=1S/C13H15ClN2O4/c14-12-5-4-10(16(19)20)8-11(12)13(18)15(6-7-17)9-2-1-3-9/h4-5,8-9,17H,1-3,6-7H2. The summed E-state index contributed by atoms with van der Waals surface area (Å²) in [5, 5.41) is 20.0. The molecule has 0 heterocycles. The number of nitro benzene ring substituents is 1. The molecule has 1 aliphatic carbocycles. The van der Waals surface area contributed by atoms with E-state index in [4.69, 9.17) is 16.7 Å². The van der Waals surface area contributed by atoms with E-state index in [1.807, 2.05) is 0 Å². The maximum atomic E-state index is 12.5. The maximum absolute atomic E-state index is 12.5. The minimum Gasteiger partial charge on any atom is -0.395 e. The maximum Gasteiger partial charge on any atom is 0.270 e. The van der Waals surface area contributed by atoms with Gasteiger partial charge in [-0.05, 0) is 25.3 Å². The minimum absolute atomic E-state index is 0.0879. The third-order valence-electron chi connectivity index (χ3n) is 3.51. The number of carbonyl (C=O) groups excluding carboxylic acids is 1. The molecule has 0 aliphatic heterocycles. The van der Waals surface area contributed by atoms with E-state index in [1.54, 1.807) is 4.90 Å². The molecule has 2 rings (SSSR count). The smallest absolute Gasteiger partial charge is 0.270 e. The van der Waals surface area contributed by atoms with Crippen molar-refractivity contribution in [1.29, 1.82) is 0 Å². The topological polar surface area (TPSA) is 83.7 Å². The van der Waals surface area contributed by atoms with Gasteiger partial charge in [0.15, 0.2) is 0 Å². The molecule has 1 aromatic rings. The molecule has 1 fully saturated rings. The lowest BCUT2D eigenvalue weighted by atomic mass is 9.91. The Kier molecular flexibility index (Phi) is 4.57. The molecule has 0 spiro atoms. The van der Waals surface area contributed by atoms with Crippen molar-refractivity contribution in [2.45, 2.75) is 25.3 Å². The van der Waals surface area contributed by atoms with Crippen molar-refractivity contribution in [2.24, 2.45) is 0 Å². The number of benzene rings is 1. The van der Waals surface area contributed by atoms with Crippen molar-refractivity contribution in [2.75, 3.05) is 13.2 Å². The number of non-ortho nitro benzene ring substituents is 1. The summed E-state index contributed by atoms with van der Waals surface area (Å²) < 4.78 is 0. The second kappa shape index (κ2) is 6.19. The van der Waals surface area contributed by atoms with Crippen LogP contribution in [-0.2, 0) is 0 Å². The van der Waals surface area contributed by atoms with Crippen LogP contribution in [0.3, 0.4) is 0 Å². The first kappa shape index (κ1) is 14.7. The van der Waals surface area contributed by atoms with Crippen molar-refractivity contribution in [3.8, 4) is 0 Å². The molecule has 7 heteroatoms. The van der Waals surface area contributed by atoms with Gasteiger partial charge < -0.3 is 10.0 Å². The number of aliphatic hydroxyl groups is 1. The summed E-state index contributed by atoms with van der Waals surface area (Å²) in [4.78, 5) is 24.2. The zero-order chi connectivity index (χ0) is 14.7. The Morgan fingerprint density at radius 1 is 1.50 bits per heavy atom. The van der Waals surface area contributed by atoms with Gasteiger partial charge in [0.25, 0.3) is 11.6 Å². The molecule has 0 saturated heterocycles. The number of nitrogens with zero attached hydrogens (tertiary/aromatic N) is 2. The Labute approximate surface area is 121 Å². The van der Waals surface area contributed by atoms with E-state index in [0.717, 1.165) is 19.3 Å². The number of amides is 1. The van der Waals surface area contributed by atoms with Crippen LogP contribution in [0.15, 0.2) is 18.2 Å². The summed E-state index contributed by atoms with van der Waals surface area (Å²) in [5.74, 6) is -0.363. The van der Waals surface area contributed by atoms with E-state index in [1.165, 1.54) is 18.2 Å². The molecule has 0 atom stereocenters. The molecule has 1 aliphatic rings. The summed E-state index contributed by atoms with van der Waals surface area (Å²) >= 11 is 5.97. The van der Waals surface area contributed by atoms with Gasteiger partial charge in [-0.2, -0.15) is 0 Å². The average molecular weight is 299 g/mol. The normalized spacial score (nSPS) is 14.7. The van der Waals surface area contributed by atoms with Crippen molar-refractivity contribution < 1.29 is 14.8 Å². The Balaban J connectivity index is 2.30. The predicted octanol–water partition coefficient (Wildman–Crippen LogP) is 2.24. The predicted molar refractivity (Wildman–Crippen MR) is 73.9 cm³/mol. The van der Waals surface area contributed by atoms with E-state index in [9.17, 15) is 14.9 Å². The summed E-state index contributed by atoms with van der Waals surface area (Å²) in [5.41, 5.74) is -0.0588.